The van der Waals surface area contributed by atoms with Gasteiger partial charge >= 0.3 is 0 Å². The van der Waals surface area contributed by atoms with Crippen LogP contribution in [0.2, 0.25) is 0 Å². The van der Waals surface area contributed by atoms with Crippen molar-refractivity contribution in [3.05, 3.63) is 29.8 Å². The van der Waals surface area contributed by atoms with Gasteiger partial charge in [0.15, 0.2) is 0 Å². The van der Waals surface area contributed by atoms with Gasteiger partial charge in [-0.1, -0.05) is 18.2 Å². The van der Waals surface area contributed by atoms with Crippen LogP contribution in [0.3, 0.4) is 0 Å². The lowest BCUT2D eigenvalue weighted by molar-refractivity contribution is 0.239. The van der Waals surface area contributed by atoms with E-state index in [-0.39, 0.29) is 12.1 Å². The van der Waals surface area contributed by atoms with Gasteiger partial charge in [0, 0.05) is 18.2 Å². The van der Waals surface area contributed by atoms with Gasteiger partial charge in [-0.25, -0.2) is 0 Å². The van der Waals surface area contributed by atoms with E-state index in [1.54, 1.807) is 0 Å². The lowest BCUT2D eigenvalue weighted by Gasteiger charge is -2.17. The Kier molecular flexibility index (Phi) is 3.92. The highest BCUT2D eigenvalue weighted by molar-refractivity contribution is 5.36. The molecule has 14 heavy (non-hydrogen) atoms. The van der Waals surface area contributed by atoms with Crippen molar-refractivity contribution in [1.82, 2.24) is 0 Å². The highest BCUT2D eigenvalue weighted by atomic mass is 16.5. The molecule has 0 radical (unpaired) electrons. The van der Waals surface area contributed by atoms with E-state index in [0.717, 1.165) is 11.3 Å². The van der Waals surface area contributed by atoms with Gasteiger partial charge < -0.3 is 16.2 Å². The summed E-state index contributed by atoms with van der Waals surface area (Å²) in [6, 6.07) is 7.60. The molecule has 1 rings (SSSR count). The molecule has 0 bridgehead atoms. The molecular formula is C11H18N2O. The monoisotopic (exact) mass is 194 g/mol. The van der Waals surface area contributed by atoms with Gasteiger partial charge in [0.2, 0.25) is 0 Å². The van der Waals surface area contributed by atoms with Crippen molar-refractivity contribution in [3.8, 4) is 5.75 Å². The molecule has 0 aliphatic carbocycles. The van der Waals surface area contributed by atoms with Crippen LogP contribution in [0.25, 0.3) is 0 Å². The second-order valence-electron chi connectivity index (χ2n) is 3.55. The first-order chi connectivity index (χ1) is 6.65. The van der Waals surface area contributed by atoms with Gasteiger partial charge in [0.1, 0.15) is 5.75 Å². The summed E-state index contributed by atoms with van der Waals surface area (Å²) in [5.74, 6) is 0.834. The van der Waals surface area contributed by atoms with Crippen LogP contribution >= 0.6 is 0 Å². The Morgan fingerprint density at radius 2 is 1.93 bits per heavy atom. The minimum Gasteiger partial charge on any atom is -0.491 e. The van der Waals surface area contributed by atoms with Gasteiger partial charge in [-0.15, -0.1) is 0 Å². The van der Waals surface area contributed by atoms with Crippen LogP contribution in [-0.2, 0) is 0 Å². The van der Waals surface area contributed by atoms with E-state index in [4.69, 9.17) is 16.2 Å². The molecule has 3 nitrogen and oxygen atoms in total. The number of hydrogen-bond acceptors (Lipinski definition) is 3. The summed E-state index contributed by atoms with van der Waals surface area (Å²) in [5, 5.41) is 0. The Morgan fingerprint density at radius 3 is 2.50 bits per heavy atom. The first kappa shape index (κ1) is 11.0. The highest BCUT2D eigenvalue weighted by Crippen LogP contribution is 2.23. The number of rotatable bonds is 4. The van der Waals surface area contributed by atoms with E-state index in [1.165, 1.54) is 0 Å². The topological polar surface area (TPSA) is 61.3 Å². The molecule has 0 amide bonds. The van der Waals surface area contributed by atoms with Gasteiger partial charge in [-0.2, -0.15) is 0 Å². The molecule has 3 heteroatoms. The van der Waals surface area contributed by atoms with Crippen molar-refractivity contribution in [3.63, 3.8) is 0 Å². The number of hydrogen-bond donors (Lipinski definition) is 2. The maximum absolute atomic E-state index is 5.87. The predicted molar refractivity (Wildman–Crippen MR) is 58.2 cm³/mol. The molecule has 0 heterocycles. The van der Waals surface area contributed by atoms with Crippen molar-refractivity contribution < 1.29 is 4.74 Å². The predicted octanol–water partition coefficient (Wildman–Crippen LogP) is 1.43. The van der Waals surface area contributed by atoms with E-state index in [2.05, 4.69) is 0 Å². The average Bonchev–Trinajstić information content (AvgIpc) is 2.16. The maximum atomic E-state index is 5.87. The second kappa shape index (κ2) is 4.98. The first-order valence-electron chi connectivity index (χ1n) is 4.86. The van der Waals surface area contributed by atoms with E-state index in [0.29, 0.717) is 6.54 Å². The summed E-state index contributed by atoms with van der Waals surface area (Å²) in [6.07, 6.45) is 0.154. The molecule has 0 aromatic heterocycles. The maximum Gasteiger partial charge on any atom is 0.124 e. The second-order valence-corrected chi connectivity index (χ2v) is 3.55. The molecule has 0 saturated heterocycles. The summed E-state index contributed by atoms with van der Waals surface area (Å²) < 4.78 is 5.63. The Labute approximate surface area is 85.0 Å². The normalized spacial score (nSPS) is 12.9. The third-order valence-corrected chi connectivity index (χ3v) is 1.94. The van der Waals surface area contributed by atoms with Gasteiger partial charge in [0.05, 0.1) is 6.10 Å². The largest absolute Gasteiger partial charge is 0.491 e. The van der Waals surface area contributed by atoms with Crippen molar-refractivity contribution in [1.29, 1.82) is 0 Å². The zero-order chi connectivity index (χ0) is 10.6. The molecule has 0 aliphatic heterocycles. The highest BCUT2D eigenvalue weighted by Gasteiger charge is 2.10. The van der Waals surface area contributed by atoms with Crippen LogP contribution in [-0.4, -0.2) is 12.6 Å². The molecule has 78 valence electrons. The number of para-hydroxylation sites is 1. The van der Waals surface area contributed by atoms with Gasteiger partial charge in [-0.3, -0.25) is 0 Å². The molecule has 1 aromatic carbocycles. The Hall–Kier alpha value is -1.06. The first-order valence-corrected chi connectivity index (χ1v) is 4.86. The number of benzene rings is 1. The standard InChI is InChI=1S/C11H18N2O/c1-8(2)14-11-6-4-3-5-9(11)10(13)7-12/h3-6,8,10H,7,12-13H2,1-2H3. The fourth-order valence-electron chi connectivity index (χ4n) is 1.28. The third-order valence-electron chi connectivity index (χ3n) is 1.94. The summed E-state index contributed by atoms with van der Waals surface area (Å²) >= 11 is 0. The van der Waals surface area contributed by atoms with E-state index in [1.807, 2.05) is 38.1 Å². The van der Waals surface area contributed by atoms with Crippen molar-refractivity contribution in [2.75, 3.05) is 6.54 Å². The third kappa shape index (κ3) is 2.72. The molecule has 1 atom stereocenters. The minimum absolute atomic E-state index is 0.148. The van der Waals surface area contributed by atoms with E-state index in [9.17, 15) is 0 Å². The Morgan fingerprint density at radius 1 is 1.29 bits per heavy atom. The fourth-order valence-corrected chi connectivity index (χ4v) is 1.28. The molecule has 4 N–H and O–H groups in total. The zero-order valence-corrected chi connectivity index (χ0v) is 8.73. The quantitative estimate of drug-likeness (QED) is 0.762. The number of ether oxygens (including phenoxy) is 1. The van der Waals surface area contributed by atoms with Crippen molar-refractivity contribution in [2.24, 2.45) is 11.5 Å². The van der Waals surface area contributed by atoms with Crippen LogP contribution in [0.15, 0.2) is 24.3 Å². The van der Waals surface area contributed by atoms with E-state index < -0.39 is 0 Å². The van der Waals surface area contributed by atoms with Crippen molar-refractivity contribution in [2.45, 2.75) is 26.0 Å². The molecule has 0 fully saturated rings. The number of nitrogens with two attached hydrogens (primary N) is 2. The Bertz CT molecular complexity index is 286. The molecule has 0 spiro atoms. The zero-order valence-electron chi connectivity index (χ0n) is 8.73. The average molecular weight is 194 g/mol. The van der Waals surface area contributed by atoms with Crippen molar-refractivity contribution >= 4 is 0 Å². The minimum atomic E-state index is -0.148. The molecule has 1 aromatic rings. The Balaban J connectivity index is 2.91. The van der Waals surface area contributed by atoms with Crippen LogP contribution in [0, 0.1) is 0 Å². The smallest absolute Gasteiger partial charge is 0.124 e. The van der Waals surface area contributed by atoms with Gasteiger partial charge in [-0.05, 0) is 19.9 Å². The lowest BCUT2D eigenvalue weighted by Crippen LogP contribution is -2.22. The fraction of sp³-hybridized carbons (Fsp3) is 0.455. The lowest BCUT2D eigenvalue weighted by atomic mass is 10.1. The SMILES string of the molecule is CC(C)Oc1ccccc1C(N)CN. The summed E-state index contributed by atoms with van der Waals surface area (Å²) in [4.78, 5) is 0. The molecular weight excluding hydrogens is 176 g/mol. The molecule has 1 unspecified atom stereocenters. The summed E-state index contributed by atoms with van der Waals surface area (Å²) in [5.41, 5.74) is 12.4. The molecule has 0 aliphatic rings. The summed E-state index contributed by atoms with van der Waals surface area (Å²) in [7, 11) is 0. The van der Waals surface area contributed by atoms with Crippen LogP contribution in [0.4, 0.5) is 0 Å². The molecule has 0 saturated carbocycles. The van der Waals surface area contributed by atoms with Gasteiger partial charge in [0.25, 0.3) is 0 Å². The van der Waals surface area contributed by atoms with Crippen LogP contribution in [0.5, 0.6) is 5.75 Å². The van der Waals surface area contributed by atoms with E-state index >= 15 is 0 Å². The van der Waals surface area contributed by atoms with Crippen LogP contribution in [0.1, 0.15) is 25.5 Å². The van der Waals surface area contributed by atoms with Crippen LogP contribution < -0.4 is 16.2 Å². The summed E-state index contributed by atoms with van der Waals surface area (Å²) in [6.45, 7) is 4.41.